The van der Waals surface area contributed by atoms with Crippen LogP contribution in [0.5, 0.6) is 0 Å². The maximum absolute atomic E-state index is 2.86. The van der Waals surface area contributed by atoms with Crippen molar-refractivity contribution in [2.24, 2.45) is 5.92 Å². The summed E-state index contributed by atoms with van der Waals surface area (Å²) in [6.07, 6.45) is 17.2. The van der Waals surface area contributed by atoms with Crippen molar-refractivity contribution in [2.75, 3.05) is 32.7 Å². The van der Waals surface area contributed by atoms with Crippen molar-refractivity contribution in [3.8, 4) is 0 Å². The number of rotatable bonds is 12. The van der Waals surface area contributed by atoms with Crippen LogP contribution in [0, 0.1) is 12.3 Å². The van der Waals surface area contributed by atoms with E-state index in [2.05, 4.69) is 76.9 Å². The van der Waals surface area contributed by atoms with Gasteiger partial charge in [-0.2, -0.15) is 0 Å². The number of hydrogen-bond acceptors (Lipinski definition) is 2. The minimum Gasteiger partial charge on any atom is -0.303 e. The van der Waals surface area contributed by atoms with E-state index in [0.29, 0.717) is 0 Å². The lowest BCUT2D eigenvalue weighted by molar-refractivity contribution is 0.0716. The summed E-state index contributed by atoms with van der Waals surface area (Å²) in [4.78, 5) is 5.60. The highest BCUT2D eigenvalue weighted by Gasteiger charge is 2.31. The first-order valence-electron chi connectivity index (χ1n) is 13.7. The van der Waals surface area contributed by atoms with Crippen molar-refractivity contribution in [3.05, 3.63) is 78.2 Å². The Labute approximate surface area is 203 Å². The number of benzene rings is 2. The van der Waals surface area contributed by atoms with Gasteiger partial charge in [0.1, 0.15) is 0 Å². The minimum atomic E-state index is 0.813. The van der Waals surface area contributed by atoms with E-state index in [1.807, 2.05) is 0 Å². The van der Waals surface area contributed by atoms with Crippen LogP contribution < -0.4 is 0 Å². The lowest BCUT2D eigenvalue weighted by Crippen LogP contribution is -2.48. The smallest absolute Gasteiger partial charge is 0.0127 e. The molecule has 4 rings (SSSR count). The molecule has 33 heavy (non-hydrogen) atoms. The second kappa shape index (κ2) is 13.9. The number of aryl methyl sites for hydroxylation is 2. The fraction of sp³-hybridized carbons (Fsp3) is 0.581. The quantitative estimate of drug-likeness (QED) is 0.331. The molecular weight excluding hydrogens is 400 g/mol. The number of unbranched alkanes of at least 4 members (excludes halogenated alkanes) is 3. The lowest BCUT2D eigenvalue weighted by atomic mass is 9.83. The molecule has 0 N–H and O–H groups in total. The Bertz CT molecular complexity index is 751. The summed E-state index contributed by atoms with van der Waals surface area (Å²) in [6.45, 7) is 6.53. The van der Waals surface area contributed by atoms with Gasteiger partial charge in [-0.05, 0) is 120 Å². The average Bonchev–Trinajstić information content (AvgIpc) is 2.88. The van der Waals surface area contributed by atoms with Crippen LogP contribution in [0.2, 0.25) is 0 Å². The summed E-state index contributed by atoms with van der Waals surface area (Å²) in [6, 6.07) is 22.8. The Hall–Kier alpha value is -1.64. The van der Waals surface area contributed by atoms with Crippen LogP contribution in [-0.4, -0.2) is 48.6 Å². The minimum absolute atomic E-state index is 0.813. The summed E-state index contributed by atoms with van der Waals surface area (Å²) >= 11 is 0. The predicted molar refractivity (Wildman–Crippen MR) is 141 cm³/mol. The molecule has 1 radical (unpaired) electrons. The molecule has 0 saturated carbocycles. The van der Waals surface area contributed by atoms with E-state index < -0.39 is 0 Å². The molecule has 2 aromatic rings. The fourth-order valence-corrected chi connectivity index (χ4v) is 5.96. The van der Waals surface area contributed by atoms with Gasteiger partial charge in [-0.1, -0.05) is 67.1 Å². The summed E-state index contributed by atoms with van der Waals surface area (Å²) in [5, 5.41) is 0. The lowest BCUT2D eigenvalue weighted by Gasteiger charge is -2.44. The van der Waals surface area contributed by atoms with Crippen LogP contribution in [-0.2, 0) is 12.8 Å². The van der Waals surface area contributed by atoms with Crippen molar-refractivity contribution in [2.45, 2.75) is 76.7 Å². The molecule has 2 heterocycles. The van der Waals surface area contributed by atoms with E-state index in [-0.39, 0.29) is 0 Å². The third-order valence-corrected chi connectivity index (χ3v) is 7.96. The number of likely N-dealkylation sites (tertiary alicyclic amines) is 2. The monoisotopic (exact) mass is 445 g/mol. The first kappa shape index (κ1) is 24.5. The summed E-state index contributed by atoms with van der Waals surface area (Å²) < 4.78 is 0. The van der Waals surface area contributed by atoms with E-state index in [1.165, 1.54) is 114 Å². The molecule has 2 heteroatoms. The van der Waals surface area contributed by atoms with Gasteiger partial charge in [0, 0.05) is 6.04 Å². The number of hydrogen-bond donors (Lipinski definition) is 0. The molecule has 0 amide bonds. The summed E-state index contributed by atoms with van der Waals surface area (Å²) in [7, 11) is 0. The maximum Gasteiger partial charge on any atom is 0.0127 e. The topological polar surface area (TPSA) is 6.48 Å². The Morgan fingerprint density at radius 3 is 1.91 bits per heavy atom. The van der Waals surface area contributed by atoms with Crippen molar-refractivity contribution >= 4 is 0 Å². The van der Waals surface area contributed by atoms with E-state index in [9.17, 15) is 0 Å². The molecule has 0 aliphatic carbocycles. The summed E-state index contributed by atoms with van der Waals surface area (Å²) in [5.74, 6) is 0.909. The van der Waals surface area contributed by atoms with Crippen molar-refractivity contribution < 1.29 is 0 Å². The van der Waals surface area contributed by atoms with Gasteiger partial charge in [0.2, 0.25) is 0 Å². The zero-order chi connectivity index (χ0) is 22.6. The van der Waals surface area contributed by atoms with Gasteiger partial charge >= 0.3 is 0 Å². The third kappa shape index (κ3) is 8.26. The molecule has 179 valence electrons. The van der Waals surface area contributed by atoms with Gasteiger partial charge in [0.05, 0.1) is 0 Å². The maximum atomic E-state index is 2.86. The molecule has 2 aliphatic rings. The van der Waals surface area contributed by atoms with Gasteiger partial charge in [-0.15, -0.1) is 0 Å². The van der Waals surface area contributed by atoms with Gasteiger partial charge < -0.3 is 9.80 Å². The fourth-order valence-electron chi connectivity index (χ4n) is 5.96. The van der Waals surface area contributed by atoms with E-state index in [0.717, 1.165) is 12.0 Å². The van der Waals surface area contributed by atoms with Gasteiger partial charge in [-0.3, -0.25) is 0 Å². The third-order valence-electron chi connectivity index (χ3n) is 7.96. The van der Waals surface area contributed by atoms with Crippen LogP contribution in [0.25, 0.3) is 0 Å². The molecular formula is C31H45N2. The van der Waals surface area contributed by atoms with Gasteiger partial charge in [-0.25, -0.2) is 0 Å². The average molecular weight is 446 g/mol. The molecule has 1 unspecified atom stereocenters. The highest BCUT2D eigenvalue weighted by Crippen LogP contribution is 2.30. The normalized spacial score (nSPS) is 20.8. The number of nitrogens with zero attached hydrogens (tertiary/aromatic N) is 2. The SMILES string of the molecule is [CH]1CCN(CCCCCc2ccccc2)C(C2CCN(CCCCc3ccccc3)CC2)C1. The Morgan fingerprint density at radius 1 is 0.636 bits per heavy atom. The van der Waals surface area contributed by atoms with Crippen LogP contribution in [0.1, 0.15) is 68.9 Å². The molecule has 2 saturated heterocycles. The second-order valence-electron chi connectivity index (χ2n) is 10.3. The highest BCUT2D eigenvalue weighted by atomic mass is 15.2. The molecule has 2 aliphatic heterocycles. The van der Waals surface area contributed by atoms with Crippen LogP contribution >= 0.6 is 0 Å². The molecule has 2 nitrogen and oxygen atoms in total. The molecule has 0 bridgehead atoms. The highest BCUT2D eigenvalue weighted by molar-refractivity contribution is 5.15. The Balaban J connectivity index is 1.11. The summed E-state index contributed by atoms with van der Waals surface area (Å²) in [5.41, 5.74) is 2.99. The predicted octanol–water partition coefficient (Wildman–Crippen LogP) is 6.80. The molecule has 2 fully saturated rings. The van der Waals surface area contributed by atoms with Crippen LogP contribution in [0.4, 0.5) is 0 Å². The van der Waals surface area contributed by atoms with Crippen molar-refractivity contribution in [3.63, 3.8) is 0 Å². The molecule has 0 aromatic heterocycles. The zero-order valence-corrected chi connectivity index (χ0v) is 20.7. The van der Waals surface area contributed by atoms with Gasteiger partial charge in [0.25, 0.3) is 0 Å². The van der Waals surface area contributed by atoms with E-state index in [1.54, 1.807) is 0 Å². The molecule has 2 aromatic carbocycles. The first-order chi connectivity index (χ1) is 16.4. The van der Waals surface area contributed by atoms with Crippen LogP contribution in [0.3, 0.4) is 0 Å². The molecule has 1 atom stereocenters. The van der Waals surface area contributed by atoms with E-state index >= 15 is 0 Å². The molecule has 0 spiro atoms. The van der Waals surface area contributed by atoms with E-state index in [4.69, 9.17) is 0 Å². The largest absolute Gasteiger partial charge is 0.303 e. The Morgan fingerprint density at radius 2 is 1.24 bits per heavy atom. The zero-order valence-electron chi connectivity index (χ0n) is 20.7. The first-order valence-corrected chi connectivity index (χ1v) is 13.7. The van der Waals surface area contributed by atoms with Crippen molar-refractivity contribution in [1.29, 1.82) is 0 Å². The van der Waals surface area contributed by atoms with Crippen LogP contribution in [0.15, 0.2) is 60.7 Å². The number of piperidine rings is 2. The second-order valence-corrected chi connectivity index (χ2v) is 10.3. The Kier molecular flexibility index (Phi) is 10.3. The standard InChI is InChI=1S/C31H45N2/c1-4-14-28(15-5-1)18-8-3-11-24-33-25-13-10-20-31(33)30-21-26-32(27-22-30)23-12-9-19-29-16-6-2-7-17-29/h1-2,4-7,10,14-17,30-31H,3,8-9,11-13,18-27H2. The van der Waals surface area contributed by atoms with Crippen molar-refractivity contribution in [1.82, 2.24) is 9.80 Å². The van der Waals surface area contributed by atoms with Gasteiger partial charge in [0.15, 0.2) is 0 Å².